The maximum Gasteiger partial charge on any atom is 0.415 e. The summed E-state index contributed by atoms with van der Waals surface area (Å²) in [6, 6.07) is 17.0. The number of nitrogens with zero attached hydrogens (tertiary/aromatic N) is 2. The first-order chi connectivity index (χ1) is 16.8. The van der Waals surface area contributed by atoms with Gasteiger partial charge in [0.2, 0.25) is 11.8 Å². The zero-order valence-corrected chi connectivity index (χ0v) is 20.0. The maximum atomic E-state index is 13.4. The van der Waals surface area contributed by atoms with E-state index >= 15 is 0 Å². The number of amides is 2. The van der Waals surface area contributed by atoms with Gasteiger partial charge >= 0.3 is 6.09 Å². The van der Waals surface area contributed by atoms with Gasteiger partial charge in [0.05, 0.1) is 6.04 Å². The second-order valence-electron chi connectivity index (χ2n) is 8.84. The Labute approximate surface area is 203 Å². The molecule has 0 radical (unpaired) electrons. The normalized spacial score (nSPS) is 14.8. The number of fused-ring (bicyclic) bond motifs is 1. The predicted octanol–water partition coefficient (Wildman–Crippen LogP) is 5.33. The average molecular weight is 478 g/mol. The number of pyridine rings is 1. The number of nitrogens with one attached hydrogen (secondary N) is 1. The molecule has 1 N–H and O–H groups in total. The Bertz CT molecular complexity index is 1200. The molecule has 0 fully saturated rings. The fourth-order valence-corrected chi connectivity index (χ4v) is 3.71. The van der Waals surface area contributed by atoms with Crippen LogP contribution in [0.5, 0.6) is 5.88 Å². The first-order valence-corrected chi connectivity index (χ1v) is 11.5. The summed E-state index contributed by atoms with van der Waals surface area (Å²) in [6.45, 7) is 5.81. The van der Waals surface area contributed by atoms with Crippen molar-refractivity contribution in [1.82, 2.24) is 4.98 Å². The Kier molecular flexibility index (Phi) is 7.29. The van der Waals surface area contributed by atoms with Gasteiger partial charge in [-0.2, -0.15) is 4.98 Å². The number of aromatic nitrogens is 1. The summed E-state index contributed by atoms with van der Waals surface area (Å²) < 4.78 is 24.8. The van der Waals surface area contributed by atoms with Gasteiger partial charge in [-0.05, 0) is 36.2 Å². The number of halogens is 1. The lowest BCUT2D eigenvalue weighted by Crippen LogP contribution is -2.45. The molecule has 0 saturated heterocycles. The molecule has 8 heteroatoms. The smallest absolute Gasteiger partial charge is 0.415 e. The van der Waals surface area contributed by atoms with Crippen LogP contribution < -0.4 is 15.0 Å². The van der Waals surface area contributed by atoms with Crippen molar-refractivity contribution >= 4 is 23.5 Å². The minimum atomic E-state index is -0.514. The molecule has 1 atom stereocenters. The number of rotatable bonds is 6. The monoisotopic (exact) mass is 477 g/mol. The topological polar surface area (TPSA) is 80.8 Å². The second kappa shape index (κ2) is 10.5. The van der Waals surface area contributed by atoms with Crippen LogP contribution in [0.3, 0.4) is 0 Å². The van der Waals surface area contributed by atoms with E-state index in [2.05, 4.69) is 10.3 Å². The molecular formula is C27H28FN3O4. The van der Waals surface area contributed by atoms with Crippen molar-refractivity contribution < 1.29 is 23.5 Å². The molecule has 0 spiro atoms. The highest BCUT2D eigenvalue weighted by molar-refractivity contribution is 5.94. The molecule has 2 amide bonds. The molecule has 4 rings (SSSR count). The second-order valence-corrected chi connectivity index (χ2v) is 8.84. The number of anilines is 2. The predicted molar refractivity (Wildman–Crippen MR) is 131 cm³/mol. The molecule has 0 bridgehead atoms. The standard InChI is InChI=1S/C27H28FN3O4/c1-17(2)25(32)29-24-21(13-19-9-11-22(28)12-10-19)14-23-26(30-24)34-15-18(3)31(23)27(33)35-16-20-7-5-4-6-8-20/h4-12,14,17-18H,13,15-16H2,1-3H3,(H,29,30,32)/t18-/m0/s1. The largest absolute Gasteiger partial charge is 0.474 e. The highest BCUT2D eigenvalue weighted by Gasteiger charge is 2.33. The van der Waals surface area contributed by atoms with Crippen molar-refractivity contribution in [3.8, 4) is 5.88 Å². The van der Waals surface area contributed by atoms with Crippen LogP contribution in [0.1, 0.15) is 37.5 Å². The molecule has 0 saturated carbocycles. The van der Waals surface area contributed by atoms with Gasteiger partial charge < -0.3 is 14.8 Å². The van der Waals surface area contributed by atoms with Crippen molar-refractivity contribution in [2.75, 3.05) is 16.8 Å². The number of benzene rings is 2. The van der Waals surface area contributed by atoms with Crippen molar-refractivity contribution in [1.29, 1.82) is 0 Å². The van der Waals surface area contributed by atoms with Crippen LogP contribution in [0.4, 0.5) is 20.7 Å². The molecule has 2 heterocycles. The fourth-order valence-electron chi connectivity index (χ4n) is 3.71. The van der Waals surface area contributed by atoms with E-state index in [1.165, 1.54) is 17.0 Å². The molecular weight excluding hydrogens is 449 g/mol. The van der Waals surface area contributed by atoms with E-state index < -0.39 is 6.09 Å². The zero-order chi connectivity index (χ0) is 24.9. The first-order valence-electron chi connectivity index (χ1n) is 11.5. The molecule has 7 nitrogen and oxygen atoms in total. The van der Waals surface area contributed by atoms with E-state index in [4.69, 9.17) is 9.47 Å². The Hall–Kier alpha value is -3.94. The van der Waals surface area contributed by atoms with E-state index in [9.17, 15) is 14.0 Å². The van der Waals surface area contributed by atoms with Gasteiger partial charge in [0, 0.05) is 17.9 Å². The molecule has 3 aromatic rings. The molecule has 1 aliphatic heterocycles. The average Bonchev–Trinajstić information content (AvgIpc) is 2.85. The number of hydrogen-bond donors (Lipinski definition) is 1. The SMILES string of the molecule is CC(C)C(=O)Nc1nc2c(cc1Cc1ccc(F)cc1)N(C(=O)OCc1ccccc1)[C@@H](C)CO2. The van der Waals surface area contributed by atoms with Crippen LogP contribution in [-0.2, 0) is 22.6 Å². The van der Waals surface area contributed by atoms with Crippen LogP contribution in [-0.4, -0.2) is 29.6 Å². The molecule has 35 heavy (non-hydrogen) atoms. The quantitative estimate of drug-likeness (QED) is 0.519. The van der Waals surface area contributed by atoms with Gasteiger partial charge in [-0.15, -0.1) is 0 Å². The van der Waals surface area contributed by atoms with Crippen molar-refractivity contribution in [2.45, 2.75) is 39.8 Å². The first kappa shape index (κ1) is 24.2. The Balaban J connectivity index is 1.67. The summed E-state index contributed by atoms with van der Waals surface area (Å²) in [6.07, 6.45) is -0.144. The molecule has 1 aromatic heterocycles. The summed E-state index contributed by atoms with van der Waals surface area (Å²) in [5.41, 5.74) is 2.84. The minimum absolute atomic E-state index is 0.136. The van der Waals surface area contributed by atoms with E-state index in [-0.39, 0.29) is 42.8 Å². The highest BCUT2D eigenvalue weighted by atomic mass is 19.1. The lowest BCUT2D eigenvalue weighted by atomic mass is 10.0. The zero-order valence-electron chi connectivity index (χ0n) is 20.0. The molecule has 1 aliphatic rings. The maximum absolute atomic E-state index is 13.4. The van der Waals surface area contributed by atoms with E-state index in [1.807, 2.05) is 37.3 Å². The van der Waals surface area contributed by atoms with Crippen LogP contribution in [0.15, 0.2) is 60.7 Å². The minimum Gasteiger partial charge on any atom is -0.474 e. The number of carbonyl (C=O) groups is 2. The van der Waals surface area contributed by atoms with Gasteiger partial charge in [0.15, 0.2) is 0 Å². The van der Waals surface area contributed by atoms with Crippen molar-refractivity contribution in [2.24, 2.45) is 5.92 Å². The Morgan fingerprint density at radius 2 is 1.86 bits per heavy atom. The summed E-state index contributed by atoms with van der Waals surface area (Å²) in [4.78, 5) is 31.6. The molecule has 0 unspecified atom stereocenters. The Morgan fingerprint density at radius 3 is 2.54 bits per heavy atom. The summed E-state index contributed by atoms with van der Waals surface area (Å²) >= 11 is 0. The van der Waals surface area contributed by atoms with E-state index in [0.717, 1.165) is 11.1 Å². The Morgan fingerprint density at radius 1 is 1.14 bits per heavy atom. The third kappa shape index (κ3) is 5.77. The number of hydrogen-bond acceptors (Lipinski definition) is 5. The van der Waals surface area contributed by atoms with Gasteiger partial charge in [-0.1, -0.05) is 56.3 Å². The third-order valence-corrected chi connectivity index (χ3v) is 5.68. The molecule has 0 aliphatic carbocycles. The van der Waals surface area contributed by atoms with E-state index in [0.29, 0.717) is 23.5 Å². The lowest BCUT2D eigenvalue weighted by Gasteiger charge is -2.34. The highest BCUT2D eigenvalue weighted by Crippen LogP contribution is 2.37. The third-order valence-electron chi connectivity index (χ3n) is 5.68. The van der Waals surface area contributed by atoms with Gasteiger partial charge in [0.25, 0.3) is 0 Å². The van der Waals surface area contributed by atoms with Crippen molar-refractivity contribution in [3.63, 3.8) is 0 Å². The summed E-state index contributed by atoms with van der Waals surface area (Å²) in [7, 11) is 0. The van der Waals surface area contributed by atoms with Crippen LogP contribution >= 0.6 is 0 Å². The van der Waals surface area contributed by atoms with Gasteiger partial charge in [0.1, 0.15) is 30.5 Å². The summed E-state index contributed by atoms with van der Waals surface area (Å²) in [5.74, 6) is -0.196. The molecule has 182 valence electrons. The van der Waals surface area contributed by atoms with Crippen LogP contribution in [0.2, 0.25) is 0 Å². The molecule has 2 aromatic carbocycles. The fraction of sp³-hybridized carbons (Fsp3) is 0.296. The lowest BCUT2D eigenvalue weighted by molar-refractivity contribution is -0.118. The van der Waals surface area contributed by atoms with Crippen LogP contribution in [0.25, 0.3) is 0 Å². The van der Waals surface area contributed by atoms with Gasteiger partial charge in [-0.25, -0.2) is 9.18 Å². The number of ether oxygens (including phenoxy) is 2. The van der Waals surface area contributed by atoms with E-state index in [1.54, 1.807) is 32.0 Å². The summed E-state index contributed by atoms with van der Waals surface area (Å²) in [5, 5.41) is 2.85. The number of carbonyl (C=O) groups excluding carboxylic acids is 2. The van der Waals surface area contributed by atoms with Crippen LogP contribution in [0, 0.1) is 11.7 Å². The van der Waals surface area contributed by atoms with Gasteiger partial charge in [-0.3, -0.25) is 9.69 Å². The van der Waals surface area contributed by atoms with Crippen molar-refractivity contribution in [3.05, 3.63) is 83.2 Å².